The molecule has 2 aliphatic heterocycles. The van der Waals surface area contributed by atoms with Crippen molar-refractivity contribution in [2.45, 2.75) is 0 Å². The summed E-state index contributed by atoms with van der Waals surface area (Å²) in [5.41, 5.74) is 8.58. The predicted octanol–water partition coefficient (Wildman–Crippen LogP) is 2.54. The van der Waals surface area contributed by atoms with Crippen LogP contribution < -0.4 is 0 Å². The van der Waals surface area contributed by atoms with E-state index in [1.54, 1.807) is 25.2 Å². The van der Waals surface area contributed by atoms with Crippen LogP contribution in [0.5, 0.6) is 5.75 Å². The molecule has 0 unspecified atom stereocenters. The number of nitrogens with one attached hydrogen (secondary N) is 4. The summed E-state index contributed by atoms with van der Waals surface area (Å²) in [5.74, 6) is -1.19. The maximum absolute atomic E-state index is 11.5. The summed E-state index contributed by atoms with van der Waals surface area (Å²) in [4.78, 5) is 17.7. The molecule has 2 heterocycles. The fraction of sp³-hybridized carbons (Fsp3) is 0.0833. The molecular formula is C12H11ClN6O2. The molecule has 5 N–H and O–H groups in total. The molecule has 0 saturated heterocycles. The summed E-state index contributed by atoms with van der Waals surface area (Å²) in [6.45, 7) is 0. The molecule has 0 radical (unpaired) electrons. The molecule has 108 valence electrons. The molecule has 0 saturated carbocycles. The number of halogens is 1. The first-order valence-corrected chi connectivity index (χ1v) is 6.32. The number of aromatic nitrogens is 4. The fourth-order valence-corrected chi connectivity index (χ4v) is 2.31. The first kappa shape index (κ1) is 13.3. The Balaban J connectivity index is 2.50. The molecular weight excluding hydrogens is 296 g/mol. The number of fused-ring (bicyclic) bond motifs is 1. The van der Waals surface area contributed by atoms with E-state index in [9.17, 15) is 9.90 Å². The summed E-state index contributed by atoms with van der Waals surface area (Å²) < 4.78 is 1.51. The molecule has 0 fully saturated rings. The van der Waals surface area contributed by atoms with E-state index in [-0.39, 0.29) is 11.4 Å². The number of rotatable bonds is 1. The average Bonchev–Trinajstić information content (AvgIpc) is 2.48. The first-order valence-electron chi connectivity index (χ1n) is 5.95. The summed E-state index contributed by atoms with van der Waals surface area (Å²) in [6, 6.07) is 5.22. The van der Waals surface area contributed by atoms with Crippen molar-refractivity contribution in [3.63, 3.8) is 0 Å². The number of benzene rings is 1. The Kier molecular flexibility index (Phi) is 2.95. The number of aromatic amines is 3. The Morgan fingerprint density at radius 2 is 2.14 bits per heavy atom. The lowest BCUT2D eigenvalue weighted by molar-refractivity contribution is 0.0980. The van der Waals surface area contributed by atoms with Crippen molar-refractivity contribution in [1.29, 1.82) is 5.53 Å². The van der Waals surface area contributed by atoms with E-state index in [2.05, 4.69) is 20.2 Å². The zero-order valence-electron chi connectivity index (χ0n) is 10.9. The third kappa shape index (κ3) is 2.05. The topological polar surface area (TPSA) is 126 Å². The SMILES string of the molecule is Cn1[nH]c(C(=O)N=N)c(O)c2[nH]c3cc(Cl)ccc3[nH]c1=2. The summed E-state index contributed by atoms with van der Waals surface area (Å²) in [6.07, 6.45) is 0. The third-order valence-corrected chi connectivity index (χ3v) is 3.37. The summed E-state index contributed by atoms with van der Waals surface area (Å²) >= 11 is 5.94. The fourth-order valence-electron chi connectivity index (χ4n) is 2.14. The van der Waals surface area contributed by atoms with E-state index in [4.69, 9.17) is 17.1 Å². The molecule has 3 rings (SSSR count). The van der Waals surface area contributed by atoms with Gasteiger partial charge >= 0.3 is 5.91 Å². The van der Waals surface area contributed by atoms with Crippen LogP contribution in [0, 0.1) is 16.4 Å². The molecule has 21 heavy (non-hydrogen) atoms. The number of H-pyrrole nitrogens is 3. The second kappa shape index (κ2) is 4.67. The molecule has 0 spiro atoms. The van der Waals surface area contributed by atoms with E-state index in [1.807, 2.05) is 0 Å². The van der Waals surface area contributed by atoms with E-state index in [0.717, 1.165) is 5.52 Å². The maximum atomic E-state index is 11.5. The number of aryl methyl sites for hydroxylation is 1. The second-order valence-corrected chi connectivity index (χ2v) is 4.91. The summed E-state index contributed by atoms with van der Waals surface area (Å²) in [7, 11) is 1.66. The number of hydrogen-bond acceptors (Lipinski definition) is 3. The molecule has 1 amide bonds. The molecule has 2 aliphatic rings. The van der Waals surface area contributed by atoms with Gasteiger partial charge in [-0.15, -0.1) is 5.11 Å². The van der Waals surface area contributed by atoms with Crippen molar-refractivity contribution in [2.75, 3.05) is 0 Å². The minimum absolute atomic E-state index is 0.175. The lowest BCUT2D eigenvalue weighted by Gasteiger charge is -2.10. The van der Waals surface area contributed by atoms with Gasteiger partial charge in [-0.05, 0) is 18.2 Å². The lowest BCUT2D eigenvalue weighted by Crippen LogP contribution is -2.11. The number of carbonyl (C=O) groups excluding carboxylic acids is 1. The molecule has 9 heteroatoms. The van der Waals surface area contributed by atoms with Crippen molar-refractivity contribution in [3.05, 3.63) is 39.7 Å². The number of nitrogens with zero attached hydrogens (tertiary/aromatic N) is 2. The van der Waals surface area contributed by atoms with Crippen molar-refractivity contribution >= 4 is 28.5 Å². The molecule has 8 nitrogen and oxygen atoms in total. The highest BCUT2D eigenvalue weighted by Gasteiger charge is 2.15. The van der Waals surface area contributed by atoms with Crippen LogP contribution in [0.1, 0.15) is 10.5 Å². The predicted molar refractivity (Wildman–Crippen MR) is 75.1 cm³/mol. The average molecular weight is 307 g/mol. The Hall–Kier alpha value is -2.74. The van der Waals surface area contributed by atoms with Crippen molar-refractivity contribution < 1.29 is 9.90 Å². The van der Waals surface area contributed by atoms with Gasteiger partial charge in [-0.2, -0.15) is 0 Å². The smallest absolute Gasteiger partial charge is 0.316 e. The van der Waals surface area contributed by atoms with Gasteiger partial charge in [-0.3, -0.25) is 14.6 Å². The van der Waals surface area contributed by atoms with Gasteiger partial charge in [0.1, 0.15) is 5.35 Å². The van der Waals surface area contributed by atoms with Crippen LogP contribution in [0.25, 0.3) is 11.0 Å². The zero-order valence-corrected chi connectivity index (χ0v) is 11.6. The monoisotopic (exact) mass is 306 g/mol. The second-order valence-electron chi connectivity index (χ2n) is 4.47. The van der Waals surface area contributed by atoms with Crippen LogP contribution in [0.4, 0.5) is 0 Å². The largest absolute Gasteiger partial charge is 0.504 e. The first-order chi connectivity index (χ1) is 10.0. The van der Waals surface area contributed by atoms with Crippen molar-refractivity contribution in [1.82, 2.24) is 19.7 Å². The number of hydrogen-bond donors (Lipinski definition) is 5. The normalized spacial score (nSPS) is 11.0. The van der Waals surface area contributed by atoms with E-state index >= 15 is 0 Å². The molecule has 1 aromatic rings. The van der Waals surface area contributed by atoms with Gasteiger partial charge in [0.15, 0.2) is 16.9 Å². The van der Waals surface area contributed by atoms with E-state index in [0.29, 0.717) is 21.4 Å². The van der Waals surface area contributed by atoms with Crippen LogP contribution in [0.3, 0.4) is 0 Å². The van der Waals surface area contributed by atoms with Gasteiger partial charge in [0, 0.05) is 12.1 Å². The molecule has 0 atom stereocenters. The van der Waals surface area contributed by atoms with Crippen LogP contribution in [-0.4, -0.2) is 30.8 Å². The van der Waals surface area contributed by atoms with E-state index < -0.39 is 5.91 Å². The van der Waals surface area contributed by atoms with Gasteiger partial charge < -0.3 is 15.1 Å². The Bertz CT molecular complexity index is 974. The van der Waals surface area contributed by atoms with E-state index in [1.165, 1.54) is 4.68 Å². The molecule has 0 bridgehead atoms. The highest BCUT2D eigenvalue weighted by molar-refractivity contribution is 6.31. The van der Waals surface area contributed by atoms with Crippen LogP contribution >= 0.6 is 11.6 Å². The Morgan fingerprint density at radius 1 is 1.38 bits per heavy atom. The van der Waals surface area contributed by atoms with Crippen LogP contribution in [0.2, 0.25) is 5.02 Å². The maximum Gasteiger partial charge on any atom is 0.316 e. The Labute approximate surface area is 122 Å². The standard InChI is InChI=1S/C12H11ClN6O2/c1-19-11-8(10(20)9(18-19)12(21)17-14)15-7-4-5(13)2-3-6(7)16-11/h2-4,14-16,18,20H,1H3. The number of aromatic hydroxyl groups is 1. The molecule has 0 aliphatic carbocycles. The van der Waals surface area contributed by atoms with Crippen molar-refractivity contribution in [2.24, 2.45) is 12.2 Å². The number of amides is 1. The van der Waals surface area contributed by atoms with Gasteiger partial charge in [0.05, 0.1) is 11.0 Å². The quantitative estimate of drug-likeness (QED) is 0.443. The van der Waals surface area contributed by atoms with Gasteiger partial charge in [-0.25, -0.2) is 5.53 Å². The third-order valence-electron chi connectivity index (χ3n) is 3.14. The highest BCUT2D eigenvalue weighted by atomic mass is 35.5. The minimum atomic E-state index is -0.871. The lowest BCUT2D eigenvalue weighted by atomic mass is 10.3. The Morgan fingerprint density at radius 3 is 2.86 bits per heavy atom. The minimum Gasteiger partial charge on any atom is -0.504 e. The molecule has 0 aromatic heterocycles. The molecule has 1 aromatic carbocycles. The van der Waals surface area contributed by atoms with Gasteiger partial charge in [0.25, 0.3) is 0 Å². The number of carbonyl (C=O) groups is 1. The van der Waals surface area contributed by atoms with Gasteiger partial charge in [0.2, 0.25) is 0 Å². The summed E-state index contributed by atoms with van der Waals surface area (Å²) in [5, 5.41) is 16.5. The van der Waals surface area contributed by atoms with Gasteiger partial charge in [-0.1, -0.05) is 11.6 Å². The van der Waals surface area contributed by atoms with Crippen LogP contribution in [0.15, 0.2) is 23.3 Å². The zero-order chi connectivity index (χ0) is 15.1. The highest BCUT2D eigenvalue weighted by Crippen LogP contribution is 2.21. The van der Waals surface area contributed by atoms with Crippen LogP contribution in [-0.2, 0) is 7.05 Å². The van der Waals surface area contributed by atoms with Crippen molar-refractivity contribution in [3.8, 4) is 5.75 Å².